The summed E-state index contributed by atoms with van der Waals surface area (Å²) in [6, 6.07) is 12.8. The predicted molar refractivity (Wildman–Crippen MR) is 137 cm³/mol. The van der Waals surface area contributed by atoms with Crippen molar-refractivity contribution < 1.29 is 22.7 Å². The lowest BCUT2D eigenvalue weighted by molar-refractivity contribution is -0.236. The summed E-state index contributed by atoms with van der Waals surface area (Å²) in [5.41, 5.74) is 4.01. The van der Waals surface area contributed by atoms with Crippen molar-refractivity contribution in [2.45, 2.75) is 25.7 Å². The SMILES string of the molecule is Cc1cccc2c1n(-c1ccc(-c3cccn4cncc34)cn1)c(=O)n2CC(=O)N1CCO[C@H](C(F)(F)F)C1. The number of hydrogen-bond donors (Lipinski definition) is 0. The van der Waals surface area contributed by atoms with Crippen LogP contribution in [0.2, 0.25) is 0 Å². The van der Waals surface area contributed by atoms with Gasteiger partial charge in [0.2, 0.25) is 5.91 Å². The Labute approximate surface area is 219 Å². The highest BCUT2D eigenvalue weighted by Crippen LogP contribution is 2.27. The Balaban J connectivity index is 1.37. The van der Waals surface area contributed by atoms with Gasteiger partial charge in [-0.25, -0.2) is 19.3 Å². The van der Waals surface area contributed by atoms with E-state index < -0.39 is 37.0 Å². The van der Waals surface area contributed by atoms with Gasteiger partial charge in [0.15, 0.2) is 6.10 Å². The zero-order chi connectivity index (χ0) is 27.3. The predicted octanol–water partition coefficient (Wildman–Crippen LogP) is 3.60. The van der Waals surface area contributed by atoms with Gasteiger partial charge in [-0.2, -0.15) is 13.2 Å². The molecular weight excluding hydrogens is 513 g/mol. The number of aromatic nitrogens is 5. The normalized spacial score (nSPS) is 16.3. The molecule has 39 heavy (non-hydrogen) atoms. The number of imidazole rings is 2. The summed E-state index contributed by atoms with van der Waals surface area (Å²) in [7, 11) is 0. The van der Waals surface area contributed by atoms with E-state index in [1.54, 1.807) is 36.9 Å². The molecule has 1 atom stereocenters. The third-order valence-corrected chi connectivity index (χ3v) is 6.97. The van der Waals surface area contributed by atoms with Gasteiger partial charge in [0.05, 0.1) is 42.2 Å². The molecule has 200 valence electrons. The Kier molecular flexibility index (Phi) is 5.98. The highest BCUT2D eigenvalue weighted by Gasteiger charge is 2.44. The summed E-state index contributed by atoms with van der Waals surface area (Å²) < 4.78 is 48.9. The summed E-state index contributed by atoms with van der Waals surface area (Å²) in [4.78, 5) is 36.6. The lowest BCUT2D eigenvalue weighted by Gasteiger charge is -2.33. The number of pyridine rings is 2. The van der Waals surface area contributed by atoms with Crippen molar-refractivity contribution in [3.05, 3.63) is 83.4 Å². The van der Waals surface area contributed by atoms with Crippen LogP contribution in [0.15, 0.2) is 72.2 Å². The smallest absolute Gasteiger partial charge is 0.365 e. The molecule has 1 amide bonds. The third-order valence-electron chi connectivity index (χ3n) is 6.97. The van der Waals surface area contributed by atoms with Gasteiger partial charge in [-0.15, -0.1) is 0 Å². The number of fused-ring (bicyclic) bond motifs is 2. The van der Waals surface area contributed by atoms with Gasteiger partial charge in [-0.05, 0) is 36.8 Å². The highest BCUT2D eigenvalue weighted by molar-refractivity contribution is 5.84. The summed E-state index contributed by atoms with van der Waals surface area (Å²) in [6.45, 7) is 0.619. The molecule has 5 aromatic rings. The van der Waals surface area contributed by atoms with Gasteiger partial charge >= 0.3 is 11.9 Å². The molecule has 0 unspecified atom stereocenters. The van der Waals surface area contributed by atoms with Crippen molar-refractivity contribution in [1.29, 1.82) is 0 Å². The molecule has 0 aliphatic carbocycles. The van der Waals surface area contributed by atoms with Crippen molar-refractivity contribution in [3.63, 3.8) is 0 Å². The molecule has 1 aromatic carbocycles. The first kappa shape index (κ1) is 24.9. The molecule has 12 heteroatoms. The monoisotopic (exact) mass is 536 g/mol. The van der Waals surface area contributed by atoms with Gasteiger partial charge in [0, 0.05) is 30.1 Å². The first-order chi connectivity index (χ1) is 18.7. The van der Waals surface area contributed by atoms with E-state index in [1.807, 2.05) is 41.8 Å². The summed E-state index contributed by atoms with van der Waals surface area (Å²) in [6.07, 6.45) is 0.400. The lowest BCUT2D eigenvalue weighted by atomic mass is 10.1. The number of benzene rings is 1. The van der Waals surface area contributed by atoms with E-state index in [0.717, 1.165) is 27.1 Å². The molecule has 1 aliphatic heterocycles. The number of ether oxygens (including phenoxy) is 1. The molecule has 0 spiro atoms. The molecular formula is C27H23F3N6O3. The van der Waals surface area contributed by atoms with Crippen LogP contribution in [0, 0.1) is 6.92 Å². The zero-order valence-electron chi connectivity index (χ0n) is 20.8. The summed E-state index contributed by atoms with van der Waals surface area (Å²) in [5, 5.41) is 0. The number of amides is 1. The van der Waals surface area contributed by atoms with Gasteiger partial charge in [-0.1, -0.05) is 18.2 Å². The molecule has 1 saturated heterocycles. The first-order valence-electron chi connectivity index (χ1n) is 12.3. The van der Waals surface area contributed by atoms with Gasteiger partial charge < -0.3 is 14.0 Å². The number of aryl methyl sites for hydroxylation is 1. The Morgan fingerprint density at radius 3 is 2.72 bits per heavy atom. The minimum Gasteiger partial charge on any atom is -0.365 e. The minimum absolute atomic E-state index is 0.0186. The Bertz CT molecular complexity index is 1750. The molecule has 0 radical (unpaired) electrons. The molecule has 5 heterocycles. The van der Waals surface area contributed by atoms with Gasteiger partial charge in [-0.3, -0.25) is 9.36 Å². The summed E-state index contributed by atoms with van der Waals surface area (Å²) in [5.74, 6) is -0.231. The number of rotatable bonds is 4. The van der Waals surface area contributed by atoms with E-state index >= 15 is 0 Å². The van der Waals surface area contributed by atoms with Crippen molar-refractivity contribution in [3.8, 4) is 16.9 Å². The molecule has 6 rings (SSSR count). The van der Waals surface area contributed by atoms with Gasteiger partial charge in [0.25, 0.3) is 0 Å². The standard InChI is InChI=1S/C27H23F3N6O3/c1-17-4-2-6-20-25(17)36(23-8-7-18(12-32-23)19-5-3-9-34-16-31-13-21(19)34)26(38)35(20)15-24(37)33-10-11-39-22(14-33)27(28,29)30/h2-9,12-13,16,22H,10-11,14-15H2,1H3/t22-/m0/s1. The van der Waals surface area contributed by atoms with Crippen LogP contribution in [-0.4, -0.2) is 66.3 Å². The average Bonchev–Trinajstić information content (AvgIpc) is 3.52. The largest absolute Gasteiger partial charge is 0.416 e. The van der Waals surface area contributed by atoms with E-state index in [9.17, 15) is 22.8 Å². The second-order valence-corrected chi connectivity index (χ2v) is 9.40. The van der Waals surface area contributed by atoms with Crippen LogP contribution in [0.4, 0.5) is 13.2 Å². The number of carbonyl (C=O) groups excluding carboxylic acids is 1. The second-order valence-electron chi connectivity index (χ2n) is 9.40. The molecule has 1 fully saturated rings. The quantitative estimate of drug-likeness (QED) is 0.351. The van der Waals surface area contributed by atoms with Crippen LogP contribution in [-0.2, 0) is 16.1 Å². The second kappa shape index (κ2) is 9.38. The number of hydrogen-bond acceptors (Lipinski definition) is 5. The van der Waals surface area contributed by atoms with Crippen molar-refractivity contribution >= 4 is 22.5 Å². The topological polar surface area (TPSA) is 86.7 Å². The Hall–Kier alpha value is -4.45. The van der Waals surface area contributed by atoms with E-state index in [4.69, 9.17) is 4.74 Å². The van der Waals surface area contributed by atoms with E-state index in [2.05, 4.69) is 9.97 Å². The fraction of sp³-hybridized carbons (Fsp3) is 0.259. The Morgan fingerprint density at radius 1 is 1.10 bits per heavy atom. The Morgan fingerprint density at radius 2 is 1.95 bits per heavy atom. The number of halogens is 3. The maximum absolute atomic E-state index is 13.7. The van der Waals surface area contributed by atoms with Crippen LogP contribution in [0.1, 0.15) is 5.56 Å². The molecule has 4 aromatic heterocycles. The lowest BCUT2D eigenvalue weighted by Crippen LogP contribution is -2.52. The first-order valence-corrected chi connectivity index (χ1v) is 12.3. The number of nitrogens with zero attached hydrogens (tertiary/aromatic N) is 6. The zero-order valence-corrected chi connectivity index (χ0v) is 20.8. The van der Waals surface area contributed by atoms with Crippen molar-refractivity contribution in [2.75, 3.05) is 19.7 Å². The van der Waals surface area contributed by atoms with Crippen LogP contribution in [0.3, 0.4) is 0 Å². The number of morpholine rings is 1. The van der Waals surface area contributed by atoms with Crippen LogP contribution in [0.5, 0.6) is 0 Å². The van der Waals surface area contributed by atoms with Crippen LogP contribution in [0.25, 0.3) is 33.5 Å². The fourth-order valence-electron chi connectivity index (χ4n) is 5.02. The van der Waals surface area contributed by atoms with E-state index in [0.29, 0.717) is 16.9 Å². The number of alkyl halides is 3. The maximum atomic E-state index is 13.7. The number of carbonyl (C=O) groups is 1. The molecule has 0 N–H and O–H groups in total. The molecule has 9 nitrogen and oxygen atoms in total. The van der Waals surface area contributed by atoms with Gasteiger partial charge in [0.1, 0.15) is 12.4 Å². The van der Waals surface area contributed by atoms with E-state index in [1.165, 1.54) is 9.13 Å². The fourth-order valence-corrected chi connectivity index (χ4v) is 5.02. The van der Waals surface area contributed by atoms with Crippen LogP contribution < -0.4 is 5.69 Å². The third kappa shape index (κ3) is 4.36. The minimum atomic E-state index is -4.58. The van der Waals surface area contributed by atoms with Crippen molar-refractivity contribution in [2.24, 2.45) is 0 Å². The number of para-hydroxylation sites is 1. The average molecular weight is 537 g/mol. The highest BCUT2D eigenvalue weighted by atomic mass is 19.4. The molecule has 0 saturated carbocycles. The maximum Gasteiger partial charge on any atom is 0.416 e. The molecule has 0 bridgehead atoms. The summed E-state index contributed by atoms with van der Waals surface area (Å²) >= 11 is 0. The van der Waals surface area contributed by atoms with Crippen LogP contribution >= 0.6 is 0 Å². The van der Waals surface area contributed by atoms with Crippen molar-refractivity contribution in [1.82, 2.24) is 28.4 Å². The van der Waals surface area contributed by atoms with E-state index in [-0.39, 0.29) is 13.2 Å². The molecule has 1 aliphatic rings.